The summed E-state index contributed by atoms with van der Waals surface area (Å²) in [5.74, 6) is -0.247. The van der Waals surface area contributed by atoms with Crippen LogP contribution in [-0.4, -0.2) is 21.4 Å². The van der Waals surface area contributed by atoms with Gasteiger partial charge in [0.25, 0.3) is 10.0 Å². The molecule has 0 spiro atoms. The van der Waals surface area contributed by atoms with E-state index in [1.54, 1.807) is 49.6 Å². The van der Waals surface area contributed by atoms with Crippen molar-refractivity contribution in [3.8, 4) is 0 Å². The van der Waals surface area contributed by atoms with Gasteiger partial charge in [-0.3, -0.25) is 9.52 Å². The summed E-state index contributed by atoms with van der Waals surface area (Å²) < 4.78 is 32.6. The summed E-state index contributed by atoms with van der Waals surface area (Å²) in [4.78, 5) is 12.2. The monoisotopic (exact) mass is 470 g/mol. The van der Waals surface area contributed by atoms with E-state index in [4.69, 9.17) is 16.3 Å². The fraction of sp³-hybridized carbons (Fsp3) is 0.125. The average molecular weight is 471 g/mol. The van der Waals surface area contributed by atoms with E-state index in [0.29, 0.717) is 29.4 Å². The lowest BCUT2D eigenvalue weighted by atomic mass is 10.1. The van der Waals surface area contributed by atoms with Crippen molar-refractivity contribution in [2.24, 2.45) is 0 Å². The molecule has 0 fully saturated rings. The first-order valence-electron chi connectivity index (χ1n) is 9.77. The van der Waals surface area contributed by atoms with E-state index in [1.807, 2.05) is 24.3 Å². The van der Waals surface area contributed by atoms with Crippen LogP contribution in [0.5, 0.6) is 0 Å². The Kier molecular flexibility index (Phi) is 8.05. The molecule has 3 aromatic carbocycles. The van der Waals surface area contributed by atoms with E-state index in [0.717, 1.165) is 11.1 Å². The van der Waals surface area contributed by atoms with Crippen molar-refractivity contribution in [1.82, 2.24) is 5.32 Å². The van der Waals surface area contributed by atoms with E-state index >= 15 is 0 Å². The summed E-state index contributed by atoms with van der Waals surface area (Å²) in [5.41, 5.74) is 3.05. The fourth-order valence-corrected chi connectivity index (χ4v) is 4.16. The predicted molar refractivity (Wildman–Crippen MR) is 127 cm³/mol. The Morgan fingerprint density at radius 3 is 2.28 bits per heavy atom. The highest BCUT2D eigenvalue weighted by molar-refractivity contribution is 7.92. The van der Waals surface area contributed by atoms with Crippen LogP contribution >= 0.6 is 11.6 Å². The van der Waals surface area contributed by atoms with Crippen molar-refractivity contribution in [2.45, 2.75) is 18.0 Å². The van der Waals surface area contributed by atoms with Gasteiger partial charge < -0.3 is 10.1 Å². The number of rotatable bonds is 9. The molecule has 3 rings (SSSR count). The van der Waals surface area contributed by atoms with Crippen molar-refractivity contribution in [2.75, 3.05) is 11.8 Å². The van der Waals surface area contributed by atoms with Crippen molar-refractivity contribution in [1.29, 1.82) is 0 Å². The number of para-hydroxylation sites is 1. The number of nitrogens with one attached hydrogen (secondary N) is 2. The number of benzene rings is 3. The van der Waals surface area contributed by atoms with Crippen molar-refractivity contribution < 1.29 is 17.9 Å². The largest absolute Gasteiger partial charge is 0.380 e. The maximum absolute atomic E-state index is 12.5. The van der Waals surface area contributed by atoms with Gasteiger partial charge in [-0.1, -0.05) is 60.1 Å². The third kappa shape index (κ3) is 6.68. The smallest absolute Gasteiger partial charge is 0.261 e. The summed E-state index contributed by atoms with van der Waals surface area (Å²) in [7, 11) is -2.13. The third-order valence-corrected chi connectivity index (χ3v) is 6.25. The second-order valence-corrected chi connectivity index (χ2v) is 9.04. The maximum Gasteiger partial charge on any atom is 0.261 e. The molecule has 0 heterocycles. The Morgan fingerprint density at radius 2 is 1.62 bits per heavy atom. The lowest BCUT2D eigenvalue weighted by molar-refractivity contribution is -0.116. The van der Waals surface area contributed by atoms with Gasteiger partial charge in [0.1, 0.15) is 0 Å². The molecule has 0 radical (unpaired) electrons. The van der Waals surface area contributed by atoms with Crippen LogP contribution in [0.15, 0.2) is 83.8 Å². The normalized spacial score (nSPS) is 11.4. The lowest BCUT2D eigenvalue weighted by Crippen LogP contribution is -2.20. The molecule has 0 aliphatic carbocycles. The van der Waals surface area contributed by atoms with Crippen LogP contribution in [0.2, 0.25) is 5.02 Å². The minimum Gasteiger partial charge on any atom is -0.380 e. The molecule has 166 valence electrons. The van der Waals surface area contributed by atoms with Crippen molar-refractivity contribution in [3.63, 3.8) is 0 Å². The van der Waals surface area contributed by atoms with E-state index in [9.17, 15) is 13.2 Å². The van der Waals surface area contributed by atoms with Crippen LogP contribution in [0.4, 0.5) is 5.69 Å². The molecule has 0 atom stereocenters. The number of methoxy groups -OCH3 is 1. The SMILES string of the molecule is COCc1ccc(CNC(=O)/C=C/c2ccc(S(=O)(=O)Nc3ccccc3Cl)cc2)cc1. The number of amides is 1. The molecule has 0 saturated heterocycles. The first-order valence-corrected chi connectivity index (χ1v) is 11.6. The summed E-state index contributed by atoms with van der Waals surface area (Å²) in [6.45, 7) is 0.951. The third-order valence-electron chi connectivity index (χ3n) is 4.54. The van der Waals surface area contributed by atoms with Crippen LogP contribution in [-0.2, 0) is 32.7 Å². The minimum absolute atomic E-state index is 0.0935. The molecule has 3 aromatic rings. The van der Waals surface area contributed by atoms with Gasteiger partial charge in [-0.2, -0.15) is 0 Å². The van der Waals surface area contributed by atoms with E-state index in [2.05, 4.69) is 10.0 Å². The Labute approximate surface area is 192 Å². The van der Waals surface area contributed by atoms with Gasteiger partial charge in [0, 0.05) is 19.7 Å². The molecule has 0 aromatic heterocycles. The Balaban J connectivity index is 1.56. The lowest BCUT2D eigenvalue weighted by Gasteiger charge is -2.09. The van der Waals surface area contributed by atoms with Gasteiger partial charge in [0.05, 0.1) is 22.2 Å². The van der Waals surface area contributed by atoms with Crippen LogP contribution in [0.25, 0.3) is 6.08 Å². The molecule has 0 aliphatic heterocycles. The van der Waals surface area contributed by atoms with Gasteiger partial charge in [-0.15, -0.1) is 0 Å². The molecule has 32 heavy (non-hydrogen) atoms. The van der Waals surface area contributed by atoms with Crippen molar-refractivity contribution in [3.05, 3.63) is 101 Å². The van der Waals surface area contributed by atoms with E-state index in [-0.39, 0.29) is 10.8 Å². The summed E-state index contributed by atoms with van der Waals surface area (Å²) in [6, 6.07) is 20.6. The molecule has 0 unspecified atom stereocenters. The fourth-order valence-electron chi connectivity index (χ4n) is 2.85. The van der Waals surface area contributed by atoms with Crippen LogP contribution in [0.3, 0.4) is 0 Å². The number of carbonyl (C=O) groups is 1. The molecule has 1 amide bonds. The van der Waals surface area contributed by atoms with Crippen LogP contribution in [0.1, 0.15) is 16.7 Å². The van der Waals surface area contributed by atoms with Gasteiger partial charge >= 0.3 is 0 Å². The predicted octanol–water partition coefficient (Wildman–Crippen LogP) is 4.62. The number of halogens is 1. The number of sulfonamides is 1. The molecule has 8 heteroatoms. The zero-order valence-corrected chi connectivity index (χ0v) is 19.0. The van der Waals surface area contributed by atoms with Gasteiger partial charge in [-0.25, -0.2) is 8.42 Å². The summed E-state index contributed by atoms with van der Waals surface area (Å²) in [5, 5.41) is 3.13. The first-order chi connectivity index (χ1) is 15.4. The van der Waals surface area contributed by atoms with Crippen molar-refractivity contribution >= 4 is 39.3 Å². The molecular weight excluding hydrogens is 448 g/mol. The Bertz CT molecular complexity index is 1190. The number of anilines is 1. The quantitative estimate of drug-likeness (QED) is 0.447. The molecule has 0 bridgehead atoms. The maximum atomic E-state index is 12.5. The molecule has 6 nitrogen and oxygen atoms in total. The number of ether oxygens (including phenoxy) is 1. The summed E-state index contributed by atoms with van der Waals surface area (Å²) in [6.07, 6.45) is 3.03. The van der Waals surface area contributed by atoms with E-state index in [1.165, 1.54) is 18.2 Å². The standard InChI is InChI=1S/C24H23ClN2O4S/c1-31-17-20-8-6-19(7-9-20)16-26-24(28)15-12-18-10-13-21(14-11-18)32(29,30)27-23-5-3-2-4-22(23)25/h2-15,27H,16-17H2,1H3,(H,26,28)/b15-12+. The molecule has 0 saturated carbocycles. The highest BCUT2D eigenvalue weighted by Gasteiger charge is 2.15. The van der Waals surface area contributed by atoms with Gasteiger partial charge in [0.15, 0.2) is 0 Å². The van der Waals surface area contributed by atoms with Gasteiger partial charge in [0.2, 0.25) is 5.91 Å². The van der Waals surface area contributed by atoms with Gasteiger partial charge in [-0.05, 0) is 47.0 Å². The summed E-state index contributed by atoms with van der Waals surface area (Å²) >= 11 is 6.02. The zero-order chi connectivity index (χ0) is 23.0. The topological polar surface area (TPSA) is 84.5 Å². The van der Waals surface area contributed by atoms with Crippen LogP contribution in [0, 0.1) is 0 Å². The Morgan fingerprint density at radius 1 is 0.969 bits per heavy atom. The second-order valence-electron chi connectivity index (χ2n) is 6.96. The van der Waals surface area contributed by atoms with E-state index < -0.39 is 10.0 Å². The average Bonchev–Trinajstić information content (AvgIpc) is 2.79. The second kappa shape index (κ2) is 10.9. The number of carbonyl (C=O) groups excluding carboxylic acids is 1. The highest BCUT2D eigenvalue weighted by atomic mass is 35.5. The zero-order valence-electron chi connectivity index (χ0n) is 17.4. The highest BCUT2D eigenvalue weighted by Crippen LogP contribution is 2.24. The molecule has 2 N–H and O–H groups in total. The van der Waals surface area contributed by atoms with Crippen LogP contribution < -0.4 is 10.0 Å². The Hall–Kier alpha value is -3.13. The first kappa shape index (κ1) is 23.5. The molecular formula is C24H23ClN2O4S. The number of hydrogen-bond acceptors (Lipinski definition) is 4. The number of hydrogen-bond donors (Lipinski definition) is 2. The minimum atomic E-state index is -3.78. The molecule has 0 aliphatic rings.